The molecule has 0 N–H and O–H groups in total. The first-order valence-electron chi connectivity index (χ1n) is 4.99. The zero-order valence-electron chi connectivity index (χ0n) is 8.21. The van der Waals surface area contributed by atoms with Gasteiger partial charge in [0.1, 0.15) is 0 Å². The van der Waals surface area contributed by atoms with Crippen molar-refractivity contribution in [1.29, 1.82) is 0 Å². The molecule has 2 aliphatic rings. The predicted octanol–water partition coefficient (Wildman–Crippen LogP) is 2.15. The van der Waals surface area contributed by atoms with Crippen molar-refractivity contribution in [2.24, 2.45) is 17.3 Å². The molecule has 68 valence electrons. The Bertz CT molecular complexity index is 181. The van der Waals surface area contributed by atoms with E-state index in [0.29, 0.717) is 5.41 Å². The summed E-state index contributed by atoms with van der Waals surface area (Å²) in [6.07, 6.45) is 3.18. The van der Waals surface area contributed by atoms with E-state index in [1.165, 1.54) is 19.6 Å². The van der Waals surface area contributed by atoms with Crippen LogP contribution in [0.5, 0.6) is 0 Å². The van der Waals surface area contributed by atoms with Gasteiger partial charge in [0.2, 0.25) is 0 Å². The van der Waals surface area contributed by atoms with E-state index < -0.39 is 0 Å². The Balaban J connectivity index is 1.78. The lowest BCUT2D eigenvalue weighted by Gasteiger charge is -2.20. The molecule has 2 atom stereocenters. The minimum absolute atomic E-state index is 0.671. The van der Waals surface area contributed by atoms with Gasteiger partial charge < -0.3 is 4.90 Å². The van der Waals surface area contributed by atoms with E-state index in [1.807, 2.05) is 6.08 Å². The van der Waals surface area contributed by atoms with Gasteiger partial charge in [-0.05, 0) is 23.7 Å². The first-order valence-corrected chi connectivity index (χ1v) is 4.99. The summed E-state index contributed by atoms with van der Waals surface area (Å²) in [7, 11) is 0. The second-order valence-electron chi connectivity index (χ2n) is 4.87. The molecule has 1 saturated carbocycles. The zero-order chi connectivity index (χ0) is 8.77. The quantitative estimate of drug-likeness (QED) is 0.579. The highest BCUT2D eigenvalue weighted by Gasteiger charge is 2.61. The fourth-order valence-electron chi connectivity index (χ4n) is 2.67. The summed E-state index contributed by atoms with van der Waals surface area (Å²) in [4.78, 5) is 2.59. The van der Waals surface area contributed by atoms with Gasteiger partial charge in [0, 0.05) is 19.6 Å². The lowest BCUT2D eigenvalue weighted by atomic mass is 10.1. The van der Waals surface area contributed by atoms with Crippen molar-refractivity contribution >= 4 is 0 Å². The molecule has 2 unspecified atom stereocenters. The smallest absolute Gasteiger partial charge is 0.00185 e. The second kappa shape index (κ2) is 2.59. The normalized spacial score (nSPS) is 37.8. The van der Waals surface area contributed by atoms with Crippen LogP contribution in [0, 0.1) is 17.3 Å². The number of nitrogens with zero attached hydrogens (tertiary/aromatic N) is 1. The summed E-state index contributed by atoms with van der Waals surface area (Å²) in [5.41, 5.74) is 0.671. The highest BCUT2D eigenvalue weighted by Crippen LogP contribution is 2.61. The molecule has 12 heavy (non-hydrogen) atoms. The number of likely N-dealkylation sites (tertiary alicyclic amines) is 1. The summed E-state index contributed by atoms with van der Waals surface area (Å²) in [5, 5.41) is 0. The van der Waals surface area contributed by atoms with E-state index in [1.54, 1.807) is 0 Å². The van der Waals surface area contributed by atoms with Crippen LogP contribution in [0.25, 0.3) is 0 Å². The summed E-state index contributed by atoms with van der Waals surface area (Å²) < 4.78 is 0. The zero-order valence-corrected chi connectivity index (χ0v) is 8.21. The van der Waals surface area contributed by atoms with Crippen LogP contribution in [-0.4, -0.2) is 24.5 Å². The number of hydrogen-bond acceptors (Lipinski definition) is 1. The van der Waals surface area contributed by atoms with Crippen LogP contribution in [0.1, 0.15) is 20.3 Å². The molecule has 2 rings (SSSR count). The van der Waals surface area contributed by atoms with Gasteiger partial charge >= 0.3 is 0 Å². The molecule has 1 nitrogen and oxygen atoms in total. The van der Waals surface area contributed by atoms with Gasteiger partial charge in [-0.15, -0.1) is 6.58 Å². The Kier molecular flexibility index (Phi) is 1.80. The first-order chi connectivity index (χ1) is 5.66. The van der Waals surface area contributed by atoms with E-state index in [9.17, 15) is 0 Å². The summed E-state index contributed by atoms with van der Waals surface area (Å²) in [6, 6.07) is 0. The molecule has 1 heterocycles. The maximum atomic E-state index is 3.75. The van der Waals surface area contributed by atoms with Crippen molar-refractivity contribution < 1.29 is 0 Å². The Morgan fingerprint density at radius 3 is 2.50 bits per heavy atom. The molecule has 1 saturated heterocycles. The summed E-state index contributed by atoms with van der Waals surface area (Å²) >= 11 is 0. The van der Waals surface area contributed by atoms with Crippen molar-refractivity contribution in [3.8, 4) is 0 Å². The lowest BCUT2D eigenvalue weighted by molar-refractivity contribution is 0.263. The minimum Gasteiger partial charge on any atom is -0.302 e. The Morgan fingerprint density at radius 2 is 2.00 bits per heavy atom. The molecular formula is C11H19N. The third-order valence-electron chi connectivity index (χ3n) is 3.85. The van der Waals surface area contributed by atoms with Crippen LogP contribution >= 0.6 is 0 Å². The van der Waals surface area contributed by atoms with Gasteiger partial charge in [-0.3, -0.25) is 0 Å². The Hall–Kier alpha value is -0.300. The van der Waals surface area contributed by atoms with Crippen LogP contribution < -0.4 is 0 Å². The standard InChI is InChI=1S/C11H19N/c1-4-5-6-12-7-9-10(8-12)11(9,2)3/h4,9-10H,1,5-8H2,2-3H3. The van der Waals surface area contributed by atoms with Crippen LogP contribution in [0.2, 0.25) is 0 Å². The van der Waals surface area contributed by atoms with Crippen molar-refractivity contribution in [3.05, 3.63) is 12.7 Å². The third-order valence-corrected chi connectivity index (χ3v) is 3.85. The van der Waals surface area contributed by atoms with E-state index >= 15 is 0 Å². The van der Waals surface area contributed by atoms with Gasteiger partial charge in [-0.1, -0.05) is 19.9 Å². The Morgan fingerprint density at radius 1 is 1.42 bits per heavy atom. The molecule has 0 aromatic heterocycles. The summed E-state index contributed by atoms with van der Waals surface area (Å²) in [5.74, 6) is 2.00. The highest BCUT2D eigenvalue weighted by molar-refractivity contribution is 5.11. The number of piperidine rings is 1. The minimum atomic E-state index is 0.671. The molecule has 0 radical (unpaired) electrons. The second-order valence-corrected chi connectivity index (χ2v) is 4.87. The number of rotatable bonds is 3. The molecule has 2 fully saturated rings. The largest absolute Gasteiger partial charge is 0.302 e. The topological polar surface area (TPSA) is 3.24 Å². The lowest BCUT2D eigenvalue weighted by Crippen LogP contribution is -2.27. The van der Waals surface area contributed by atoms with Crippen molar-refractivity contribution in [1.82, 2.24) is 4.90 Å². The van der Waals surface area contributed by atoms with Crippen molar-refractivity contribution in [2.75, 3.05) is 19.6 Å². The maximum absolute atomic E-state index is 3.75. The molecule has 1 aliphatic carbocycles. The van der Waals surface area contributed by atoms with Gasteiger partial charge in [0.05, 0.1) is 0 Å². The fraction of sp³-hybridized carbons (Fsp3) is 0.818. The number of hydrogen-bond donors (Lipinski definition) is 0. The van der Waals surface area contributed by atoms with E-state index in [-0.39, 0.29) is 0 Å². The molecular weight excluding hydrogens is 146 g/mol. The predicted molar refractivity (Wildman–Crippen MR) is 52.0 cm³/mol. The van der Waals surface area contributed by atoms with Gasteiger partial charge in [0.15, 0.2) is 0 Å². The van der Waals surface area contributed by atoms with E-state index in [4.69, 9.17) is 0 Å². The SMILES string of the molecule is C=CCCN1CC2C(C1)C2(C)C. The number of fused-ring (bicyclic) bond motifs is 1. The van der Waals surface area contributed by atoms with E-state index in [2.05, 4.69) is 25.3 Å². The van der Waals surface area contributed by atoms with Gasteiger partial charge in [-0.2, -0.15) is 0 Å². The molecule has 0 bridgehead atoms. The highest BCUT2D eigenvalue weighted by atomic mass is 15.2. The summed E-state index contributed by atoms with van der Waals surface area (Å²) in [6.45, 7) is 12.5. The maximum Gasteiger partial charge on any atom is 0.00185 e. The molecule has 0 aromatic carbocycles. The van der Waals surface area contributed by atoms with Crippen LogP contribution in [0.4, 0.5) is 0 Å². The van der Waals surface area contributed by atoms with Crippen molar-refractivity contribution in [2.45, 2.75) is 20.3 Å². The van der Waals surface area contributed by atoms with Crippen LogP contribution in [0.3, 0.4) is 0 Å². The molecule has 0 aromatic rings. The Labute approximate surface area is 75.4 Å². The van der Waals surface area contributed by atoms with Crippen LogP contribution in [0.15, 0.2) is 12.7 Å². The molecule has 1 heteroatoms. The average molecular weight is 165 g/mol. The third kappa shape index (κ3) is 1.11. The van der Waals surface area contributed by atoms with Gasteiger partial charge in [0.25, 0.3) is 0 Å². The molecule has 0 spiro atoms. The van der Waals surface area contributed by atoms with E-state index in [0.717, 1.165) is 18.3 Å². The fourth-order valence-corrected chi connectivity index (χ4v) is 2.67. The van der Waals surface area contributed by atoms with Crippen LogP contribution in [-0.2, 0) is 0 Å². The van der Waals surface area contributed by atoms with Crippen molar-refractivity contribution in [3.63, 3.8) is 0 Å². The average Bonchev–Trinajstić information content (AvgIpc) is 2.51. The van der Waals surface area contributed by atoms with Gasteiger partial charge in [-0.25, -0.2) is 0 Å². The first kappa shape index (κ1) is 8.31. The molecule has 1 aliphatic heterocycles. The molecule has 0 amide bonds. The monoisotopic (exact) mass is 165 g/mol.